The van der Waals surface area contributed by atoms with Crippen LogP contribution in [0.15, 0.2) is 48.5 Å². The van der Waals surface area contributed by atoms with Crippen LogP contribution >= 0.6 is 0 Å². The summed E-state index contributed by atoms with van der Waals surface area (Å²) in [7, 11) is 0. The van der Waals surface area contributed by atoms with E-state index in [0.717, 1.165) is 12.2 Å². The Morgan fingerprint density at radius 2 is 1.90 bits per heavy atom. The molecule has 20 heavy (non-hydrogen) atoms. The van der Waals surface area contributed by atoms with E-state index in [4.69, 9.17) is 11.5 Å². The monoisotopic (exact) mass is 269 g/mol. The number of hydrogen-bond donors (Lipinski definition) is 3. The highest BCUT2D eigenvalue weighted by atomic mass is 16.1. The van der Waals surface area contributed by atoms with Crippen molar-refractivity contribution in [1.82, 2.24) is 0 Å². The molecule has 0 spiro atoms. The van der Waals surface area contributed by atoms with Gasteiger partial charge < -0.3 is 16.8 Å². The summed E-state index contributed by atoms with van der Waals surface area (Å²) in [6, 6.07) is 15.5. The minimum Gasteiger partial charge on any atom is -0.398 e. The number of carbonyl (C=O) groups is 1. The number of nitrogen functional groups attached to an aromatic ring is 1. The molecule has 0 aliphatic rings. The predicted octanol–water partition coefficient (Wildman–Crippen LogP) is 2.58. The molecule has 4 heteroatoms. The third kappa shape index (κ3) is 3.29. The summed E-state index contributed by atoms with van der Waals surface area (Å²) in [6.45, 7) is 2.92. The molecule has 0 heterocycles. The summed E-state index contributed by atoms with van der Waals surface area (Å²) >= 11 is 0. The maximum atomic E-state index is 11.2. The zero-order valence-corrected chi connectivity index (χ0v) is 11.5. The maximum absolute atomic E-state index is 11.2. The first kappa shape index (κ1) is 13.9. The number of hydrogen-bond acceptors (Lipinski definition) is 3. The highest BCUT2D eigenvalue weighted by Crippen LogP contribution is 2.20. The van der Waals surface area contributed by atoms with Gasteiger partial charge in [-0.05, 0) is 29.7 Å². The van der Waals surface area contributed by atoms with Crippen molar-refractivity contribution in [2.75, 3.05) is 17.6 Å². The number of anilines is 2. The second-order valence-corrected chi connectivity index (χ2v) is 4.86. The Kier molecular flexibility index (Phi) is 4.25. The van der Waals surface area contributed by atoms with Gasteiger partial charge in [-0.1, -0.05) is 37.3 Å². The van der Waals surface area contributed by atoms with Crippen LogP contribution in [0, 0.1) is 0 Å². The molecule has 4 nitrogen and oxygen atoms in total. The molecule has 0 fully saturated rings. The van der Waals surface area contributed by atoms with Gasteiger partial charge in [-0.3, -0.25) is 4.79 Å². The average Bonchev–Trinajstić information content (AvgIpc) is 2.46. The third-order valence-electron chi connectivity index (χ3n) is 3.30. The molecule has 0 aliphatic carbocycles. The highest BCUT2D eigenvalue weighted by Gasteiger charge is 2.08. The Bertz CT molecular complexity index is 596. The van der Waals surface area contributed by atoms with Gasteiger partial charge in [-0.15, -0.1) is 0 Å². The molecular formula is C16H19N3O. The largest absolute Gasteiger partial charge is 0.398 e. The van der Waals surface area contributed by atoms with E-state index in [2.05, 4.69) is 24.4 Å². The van der Waals surface area contributed by atoms with E-state index >= 15 is 0 Å². The summed E-state index contributed by atoms with van der Waals surface area (Å²) in [5.41, 5.74) is 13.9. The van der Waals surface area contributed by atoms with Gasteiger partial charge in [0.05, 0.1) is 5.56 Å². The van der Waals surface area contributed by atoms with Crippen LogP contribution in [0.5, 0.6) is 0 Å². The van der Waals surface area contributed by atoms with Gasteiger partial charge in [0.1, 0.15) is 0 Å². The number of carbonyl (C=O) groups excluding carboxylic acids is 1. The Labute approximate surface area is 118 Å². The lowest BCUT2D eigenvalue weighted by atomic mass is 10.0. The van der Waals surface area contributed by atoms with Gasteiger partial charge in [-0.2, -0.15) is 0 Å². The number of nitrogens with one attached hydrogen (secondary N) is 1. The Hall–Kier alpha value is -2.49. The Morgan fingerprint density at radius 3 is 2.55 bits per heavy atom. The molecule has 0 saturated heterocycles. The van der Waals surface area contributed by atoms with Crippen LogP contribution in [0.4, 0.5) is 11.4 Å². The highest BCUT2D eigenvalue weighted by molar-refractivity contribution is 5.98. The number of primary amides is 1. The molecule has 0 radical (unpaired) electrons. The second-order valence-electron chi connectivity index (χ2n) is 4.86. The molecule has 0 bridgehead atoms. The predicted molar refractivity (Wildman–Crippen MR) is 82.7 cm³/mol. The molecule has 0 aromatic heterocycles. The molecule has 2 rings (SSSR count). The van der Waals surface area contributed by atoms with Crippen molar-refractivity contribution in [2.24, 2.45) is 5.73 Å². The molecule has 5 N–H and O–H groups in total. The lowest BCUT2D eigenvalue weighted by Crippen LogP contribution is -2.15. The quantitative estimate of drug-likeness (QED) is 0.730. The standard InChI is InChI=1S/C16H19N3O/c1-11(12-5-3-2-4-6-12)10-19-13-7-8-15(17)14(9-13)16(18)20/h2-9,11,19H,10,17H2,1H3,(H2,18,20). The van der Waals surface area contributed by atoms with Crippen LogP contribution in [-0.2, 0) is 0 Å². The van der Waals surface area contributed by atoms with Gasteiger partial charge in [-0.25, -0.2) is 0 Å². The Balaban J connectivity index is 2.04. The topological polar surface area (TPSA) is 81.1 Å². The van der Waals surface area contributed by atoms with Crippen molar-refractivity contribution >= 4 is 17.3 Å². The van der Waals surface area contributed by atoms with E-state index in [1.165, 1.54) is 5.56 Å². The maximum Gasteiger partial charge on any atom is 0.250 e. The van der Waals surface area contributed by atoms with Crippen LogP contribution in [0.2, 0.25) is 0 Å². The number of nitrogens with two attached hydrogens (primary N) is 2. The minimum atomic E-state index is -0.512. The molecule has 104 valence electrons. The van der Waals surface area contributed by atoms with E-state index in [1.54, 1.807) is 12.1 Å². The molecule has 1 amide bonds. The molecule has 0 aliphatic heterocycles. The number of amides is 1. The first-order valence-corrected chi connectivity index (χ1v) is 6.56. The minimum absolute atomic E-state index is 0.349. The van der Waals surface area contributed by atoms with E-state index in [-0.39, 0.29) is 0 Å². The van der Waals surface area contributed by atoms with E-state index < -0.39 is 5.91 Å². The molecule has 2 aromatic rings. The zero-order valence-electron chi connectivity index (χ0n) is 11.5. The number of rotatable bonds is 5. The van der Waals surface area contributed by atoms with Gasteiger partial charge in [0.15, 0.2) is 0 Å². The van der Waals surface area contributed by atoms with Crippen LogP contribution in [-0.4, -0.2) is 12.5 Å². The van der Waals surface area contributed by atoms with Crippen LogP contribution < -0.4 is 16.8 Å². The third-order valence-corrected chi connectivity index (χ3v) is 3.30. The number of benzene rings is 2. The van der Waals surface area contributed by atoms with E-state index in [9.17, 15) is 4.79 Å². The molecular weight excluding hydrogens is 250 g/mol. The zero-order chi connectivity index (χ0) is 14.5. The summed E-state index contributed by atoms with van der Waals surface area (Å²) < 4.78 is 0. The lowest BCUT2D eigenvalue weighted by Gasteiger charge is -2.15. The van der Waals surface area contributed by atoms with Crippen molar-refractivity contribution in [2.45, 2.75) is 12.8 Å². The normalized spacial score (nSPS) is 11.8. The van der Waals surface area contributed by atoms with Crippen molar-refractivity contribution in [1.29, 1.82) is 0 Å². The Morgan fingerprint density at radius 1 is 1.20 bits per heavy atom. The van der Waals surface area contributed by atoms with E-state index in [1.807, 2.05) is 24.3 Å². The average molecular weight is 269 g/mol. The fourth-order valence-electron chi connectivity index (χ4n) is 2.05. The second kappa shape index (κ2) is 6.10. The van der Waals surface area contributed by atoms with Crippen LogP contribution in [0.3, 0.4) is 0 Å². The molecule has 1 unspecified atom stereocenters. The van der Waals surface area contributed by atoms with Gasteiger partial charge >= 0.3 is 0 Å². The van der Waals surface area contributed by atoms with Crippen molar-refractivity contribution < 1.29 is 4.79 Å². The summed E-state index contributed by atoms with van der Waals surface area (Å²) in [5, 5.41) is 3.30. The van der Waals surface area contributed by atoms with Gasteiger partial charge in [0, 0.05) is 17.9 Å². The van der Waals surface area contributed by atoms with Crippen LogP contribution in [0.25, 0.3) is 0 Å². The summed E-state index contributed by atoms with van der Waals surface area (Å²) in [4.78, 5) is 11.2. The first-order valence-electron chi connectivity index (χ1n) is 6.56. The van der Waals surface area contributed by atoms with E-state index in [0.29, 0.717) is 17.2 Å². The fraction of sp³-hybridized carbons (Fsp3) is 0.188. The lowest BCUT2D eigenvalue weighted by molar-refractivity contribution is 0.100. The molecule has 0 saturated carbocycles. The SMILES string of the molecule is CC(CNc1ccc(N)c(C(N)=O)c1)c1ccccc1. The van der Waals surface area contributed by atoms with Crippen molar-refractivity contribution in [3.8, 4) is 0 Å². The van der Waals surface area contributed by atoms with Crippen molar-refractivity contribution in [3.63, 3.8) is 0 Å². The first-order chi connectivity index (χ1) is 9.58. The molecule has 2 aromatic carbocycles. The summed E-state index contributed by atoms with van der Waals surface area (Å²) in [5.74, 6) is -0.145. The van der Waals surface area contributed by atoms with Gasteiger partial charge in [0.25, 0.3) is 5.91 Å². The van der Waals surface area contributed by atoms with Crippen molar-refractivity contribution in [3.05, 3.63) is 59.7 Å². The summed E-state index contributed by atoms with van der Waals surface area (Å²) in [6.07, 6.45) is 0. The molecule has 1 atom stereocenters. The van der Waals surface area contributed by atoms with Gasteiger partial charge in [0.2, 0.25) is 0 Å². The smallest absolute Gasteiger partial charge is 0.250 e. The fourth-order valence-corrected chi connectivity index (χ4v) is 2.05. The van der Waals surface area contributed by atoms with Crippen LogP contribution in [0.1, 0.15) is 28.8 Å².